The molecule has 154 valence electrons. The molecule has 2 aliphatic rings. The van der Waals surface area contributed by atoms with Gasteiger partial charge < -0.3 is 14.5 Å². The third-order valence-electron chi connectivity index (χ3n) is 5.56. The number of carbonyl (C=O) groups excluding carboxylic acids is 2. The van der Waals surface area contributed by atoms with Crippen molar-refractivity contribution < 1.29 is 14.3 Å². The minimum atomic E-state index is -0.395. The summed E-state index contributed by atoms with van der Waals surface area (Å²) in [6.07, 6.45) is 6.37. The minimum absolute atomic E-state index is 0.0428. The van der Waals surface area contributed by atoms with Crippen molar-refractivity contribution in [2.45, 2.75) is 44.9 Å². The van der Waals surface area contributed by atoms with Gasteiger partial charge in [-0.3, -0.25) is 9.59 Å². The lowest BCUT2D eigenvalue weighted by atomic mass is 9.90. The fraction of sp³-hybridized carbons (Fsp3) is 0.524. The Morgan fingerprint density at radius 1 is 1.07 bits per heavy atom. The summed E-state index contributed by atoms with van der Waals surface area (Å²) in [6, 6.07) is 6.78. The van der Waals surface area contributed by atoms with E-state index >= 15 is 0 Å². The van der Waals surface area contributed by atoms with Crippen LogP contribution in [0.3, 0.4) is 0 Å². The Balaban J connectivity index is 1.35. The molecule has 0 bridgehead atoms. The molecule has 0 N–H and O–H groups in total. The van der Waals surface area contributed by atoms with Gasteiger partial charge in [0.15, 0.2) is 0 Å². The molecule has 0 spiro atoms. The topological polar surface area (TPSA) is 75.6 Å². The molecule has 2 fully saturated rings. The molecule has 8 heteroatoms. The van der Waals surface area contributed by atoms with Crippen molar-refractivity contribution in [1.29, 1.82) is 0 Å². The molecule has 1 aromatic heterocycles. The zero-order valence-electron chi connectivity index (χ0n) is 16.7. The molecule has 7 nitrogen and oxygen atoms in total. The van der Waals surface area contributed by atoms with Gasteiger partial charge in [0.1, 0.15) is 10.8 Å². The Bertz CT molecular complexity index is 870. The Labute approximate surface area is 174 Å². The van der Waals surface area contributed by atoms with E-state index in [1.165, 1.54) is 44.0 Å². The lowest BCUT2D eigenvalue weighted by Crippen LogP contribution is -2.48. The Morgan fingerprint density at radius 3 is 2.55 bits per heavy atom. The number of aromatic nitrogens is 2. The number of rotatable bonds is 4. The molecule has 2 heterocycles. The van der Waals surface area contributed by atoms with E-state index in [4.69, 9.17) is 4.74 Å². The maximum Gasteiger partial charge on any atom is 0.308 e. The highest BCUT2D eigenvalue weighted by atomic mass is 32.1. The molecular formula is C21H26N4O3S. The van der Waals surface area contributed by atoms with Gasteiger partial charge in [0.2, 0.25) is 5.13 Å². The van der Waals surface area contributed by atoms with Gasteiger partial charge in [-0.05, 0) is 31.0 Å². The third kappa shape index (κ3) is 4.75. The van der Waals surface area contributed by atoms with Crippen molar-refractivity contribution in [3.8, 4) is 5.75 Å². The van der Waals surface area contributed by atoms with Crippen LogP contribution in [0.1, 0.15) is 60.3 Å². The normalized spacial score (nSPS) is 18.0. The first-order chi connectivity index (χ1) is 14.1. The van der Waals surface area contributed by atoms with E-state index in [1.807, 2.05) is 4.90 Å². The summed E-state index contributed by atoms with van der Waals surface area (Å²) >= 11 is 1.71. The fourth-order valence-corrected chi connectivity index (χ4v) is 5.08. The molecule has 0 atom stereocenters. The molecular weight excluding hydrogens is 388 g/mol. The Hall–Kier alpha value is -2.48. The molecule has 2 aromatic rings. The van der Waals surface area contributed by atoms with Gasteiger partial charge >= 0.3 is 5.97 Å². The molecule has 1 aromatic carbocycles. The lowest BCUT2D eigenvalue weighted by molar-refractivity contribution is -0.131. The van der Waals surface area contributed by atoms with Crippen molar-refractivity contribution >= 4 is 28.3 Å². The smallest absolute Gasteiger partial charge is 0.308 e. The number of nitrogens with zero attached hydrogens (tertiary/aromatic N) is 4. The van der Waals surface area contributed by atoms with Crippen molar-refractivity contribution in [3.05, 3.63) is 34.8 Å². The molecule has 1 aliphatic carbocycles. The van der Waals surface area contributed by atoms with Crippen molar-refractivity contribution in [2.24, 2.45) is 0 Å². The quantitative estimate of drug-likeness (QED) is 0.563. The van der Waals surface area contributed by atoms with Crippen LogP contribution in [-0.2, 0) is 4.79 Å². The van der Waals surface area contributed by atoms with Crippen molar-refractivity contribution in [2.75, 3.05) is 31.1 Å². The van der Waals surface area contributed by atoms with E-state index < -0.39 is 5.97 Å². The molecule has 1 aliphatic heterocycles. The van der Waals surface area contributed by atoms with E-state index in [-0.39, 0.29) is 5.91 Å². The summed E-state index contributed by atoms with van der Waals surface area (Å²) in [7, 11) is 0. The highest BCUT2D eigenvalue weighted by molar-refractivity contribution is 7.15. The lowest BCUT2D eigenvalue weighted by Gasteiger charge is -2.34. The molecule has 4 rings (SSSR count). The SMILES string of the molecule is CC(=O)Oc1cccc(C(=O)N2CCN(c3nnc(C4CCCCC4)s3)CC2)c1. The van der Waals surface area contributed by atoms with Crippen LogP contribution in [0, 0.1) is 0 Å². The van der Waals surface area contributed by atoms with Gasteiger partial charge in [-0.2, -0.15) is 0 Å². The number of ether oxygens (including phenoxy) is 1. The fourth-order valence-electron chi connectivity index (χ4n) is 4.01. The molecule has 1 saturated heterocycles. The van der Waals surface area contributed by atoms with E-state index in [9.17, 15) is 9.59 Å². The largest absolute Gasteiger partial charge is 0.427 e. The predicted octanol–water partition coefficient (Wildman–Crippen LogP) is 3.47. The summed E-state index contributed by atoms with van der Waals surface area (Å²) in [4.78, 5) is 28.0. The monoisotopic (exact) mass is 414 g/mol. The van der Waals surface area contributed by atoms with Crippen LogP contribution < -0.4 is 9.64 Å². The molecule has 0 radical (unpaired) electrons. The first-order valence-corrected chi connectivity index (χ1v) is 11.1. The average molecular weight is 415 g/mol. The van der Waals surface area contributed by atoms with Gasteiger partial charge in [-0.1, -0.05) is 36.7 Å². The number of anilines is 1. The van der Waals surface area contributed by atoms with Crippen molar-refractivity contribution in [1.82, 2.24) is 15.1 Å². The van der Waals surface area contributed by atoms with Crippen LogP contribution in [0.5, 0.6) is 5.75 Å². The third-order valence-corrected chi connectivity index (χ3v) is 6.71. The summed E-state index contributed by atoms with van der Waals surface area (Å²) in [5, 5.41) is 11.0. The van der Waals surface area contributed by atoms with E-state index in [2.05, 4.69) is 15.1 Å². The van der Waals surface area contributed by atoms with Gasteiger partial charge in [0.05, 0.1) is 0 Å². The number of hydrogen-bond acceptors (Lipinski definition) is 7. The highest BCUT2D eigenvalue weighted by Crippen LogP contribution is 2.36. The van der Waals surface area contributed by atoms with Gasteiger partial charge in [-0.15, -0.1) is 10.2 Å². The molecule has 1 saturated carbocycles. The number of amides is 1. The number of hydrogen-bond donors (Lipinski definition) is 0. The number of esters is 1. The van der Waals surface area contributed by atoms with Gasteiger partial charge in [-0.25, -0.2) is 0 Å². The van der Waals surface area contributed by atoms with Crippen LogP contribution in [0.4, 0.5) is 5.13 Å². The summed E-state index contributed by atoms with van der Waals surface area (Å²) in [5.74, 6) is 0.528. The van der Waals surface area contributed by atoms with Crippen molar-refractivity contribution in [3.63, 3.8) is 0 Å². The minimum Gasteiger partial charge on any atom is -0.427 e. The molecule has 1 amide bonds. The standard InChI is InChI=1S/C21H26N4O3S/c1-15(26)28-18-9-5-8-17(14-18)20(27)24-10-12-25(13-11-24)21-23-22-19(29-21)16-6-3-2-4-7-16/h5,8-9,14,16H,2-4,6-7,10-13H2,1H3. The van der Waals surface area contributed by atoms with Crippen LogP contribution in [0.25, 0.3) is 0 Å². The van der Waals surface area contributed by atoms with Crippen LogP contribution >= 0.6 is 11.3 Å². The predicted molar refractivity (Wildman–Crippen MR) is 112 cm³/mol. The first-order valence-electron chi connectivity index (χ1n) is 10.3. The molecule has 29 heavy (non-hydrogen) atoms. The summed E-state index contributed by atoms with van der Waals surface area (Å²) in [5.41, 5.74) is 0.535. The Kier molecular flexibility index (Phi) is 6.08. The first kappa shape index (κ1) is 19.8. The highest BCUT2D eigenvalue weighted by Gasteiger charge is 2.26. The summed E-state index contributed by atoms with van der Waals surface area (Å²) in [6.45, 7) is 4.11. The number of carbonyl (C=O) groups is 2. The summed E-state index contributed by atoms with van der Waals surface area (Å²) < 4.78 is 5.09. The van der Waals surface area contributed by atoms with Crippen LogP contribution in [0.2, 0.25) is 0 Å². The van der Waals surface area contributed by atoms with Gasteiger partial charge in [0, 0.05) is 44.6 Å². The van der Waals surface area contributed by atoms with E-state index in [1.54, 1.807) is 35.6 Å². The average Bonchev–Trinajstić information content (AvgIpc) is 3.24. The zero-order valence-corrected chi connectivity index (χ0v) is 17.5. The maximum atomic E-state index is 12.8. The van der Waals surface area contributed by atoms with Crippen LogP contribution in [-0.4, -0.2) is 53.2 Å². The second-order valence-corrected chi connectivity index (χ2v) is 8.65. The number of benzene rings is 1. The molecule has 0 unspecified atom stereocenters. The second-order valence-electron chi connectivity index (χ2n) is 7.66. The van der Waals surface area contributed by atoms with Crippen LogP contribution in [0.15, 0.2) is 24.3 Å². The van der Waals surface area contributed by atoms with Gasteiger partial charge in [0.25, 0.3) is 5.91 Å². The maximum absolute atomic E-state index is 12.8. The second kappa shape index (κ2) is 8.90. The Morgan fingerprint density at radius 2 is 1.83 bits per heavy atom. The zero-order chi connectivity index (χ0) is 20.2. The van der Waals surface area contributed by atoms with E-state index in [0.29, 0.717) is 30.3 Å². The number of piperazine rings is 1. The van der Waals surface area contributed by atoms with E-state index in [0.717, 1.165) is 18.2 Å².